The summed E-state index contributed by atoms with van der Waals surface area (Å²) in [7, 11) is 0. The van der Waals surface area contributed by atoms with Gasteiger partial charge in [0.15, 0.2) is 5.78 Å². The van der Waals surface area contributed by atoms with Crippen molar-refractivity contribution in [1.82, 2.24) is 0 Å². The van der Waals surface area contributed by atoms with Crippen LogP contribution in [0.2, 0.25) is 5.02 Å². The molecule has 100 valence electrons. The first-order valence-corrected chi connectivity index (χ1v) is 6.45. The lowest BCUT2D eigenvalue weighted by molar-refractivity contribution is -0.115. The zero-order valence-corrected chi connectivity index (χ0v) is 11.2. The van der Waals surface area contributed by atoms with Gasteiger partial charge in [-0.05, 0) is 42.0 Å². The molecule has 0 aromatic heterocycles. The van der Waals surface area contributed by atoms with Gasteiger partial charge in [0.1, 0.15) is 0 Å². The molecule has 1 aliphatic rings. The third-order valence-corrected chi connectivity index (χ3v) is 3.56. The molecule has 0 bridgehead atoms. The Balaban J connectivity index is 2.01. The maximum atomic E-state index is 12.5. The number of carbonyl (C=O) groups excluding carboxylic acids is 2. The molecule has 0 saturated heterocycles. The van der Waals surface area contributed by atoms with E-state index in [1.807, 2.05) is 0 Å². The summed E-state index contributed by atoms with van der Waals surface area (Å²) < 4.78 is 0. The molecular weight excluding hydrogens is 276 g/mol. The van der Waals surface area contributed by atoms with E-state index in [4.69, 9.17) is 17.3 Å². The minimum absolute atomic E-state index is 0.0633. The highest BCUT2D eigenvalue weighted by atomic mass is 35.5. The molecule has 0 aliphatic carbocycles. The summed E-state index contributed by atoms with van der Waals surface area (Å²) in [5, 5.41) is 3.09. The highest BCUT2D eigenvalue weighted by Crippen LogP contribution is 2.27. The Kier molecular flexibility index (Phi) is 2.95. The van der Waals surface area contributed by atoms with Crippen molar-refractivity contribution in [1.29, 1.82) is 0 Å². The largest absolute Gasteiger partial charge is 0.399 e. The standard InChI is InChI=1S/C15H11ClN2O2/c16-12-3-2-10(17)7-11(12)15(20)8-1-4-13-9(5-8)6-14(19)18-13/h1-5,7H,6,17H2,(H,18,19). The predicted molar refractivity (Wildman–Crippen MR) is 78.1 cm³/mol. The van der Waals surface area contributed by atoms with Gasteiger partial charge in [-0.1, -0.05) is 11.6 Å². The van der Waals surface area contributed by atoms with Crippen LogP contribution in [0.15, 0.2) is 36.4 Å². The zero-order chi connectivity index (χ0) is 14.3. The first-order chi connectivity index (χ1) is 9.54. The number of nitrogens with two attached hydrogens (primary N) is 1. The molecule has 5 heteroatoms. The summed E-state index contributed by atoms with van der Waals surface area (Å²) in [6.45, 7) is 0. The van der Waals surface area contributed by atoms with Gasteiger partial charge in [-0.3, -0.25) is 9.59 Å². The molecule has 20 heavy (non-hydrogen) atoms. The Hall–Kier alpha value is -2.33. The number of hydrogen-bond acceptors (Lipinski definition) is 3. The van der Waals surface area contributed by atoms with Crippen LogP contribution in [0, 0.1) is 0 Å². The van der Waals surface area contributed by atoms with Crippen LogP contribution < -0.4 is 11.1 Å². The van der Waals surface area contributed by atoms with Crippen LogP contribution in [0.3, 0.4) is 0 Å². The van der Waals surface area contributed by atoms with Gasteiger partial charge in [-0.2, -0.15) is 0 Å². The Morgan fingerprint density at radius 1 is 1.20 bits per heavy atom. The lowest BCUT2D eigenvalue weighted by atomic mass is 10.00. The van der Waals surface area contributed by atoms with Crippen molar-refractivity contribution in [2.45, 2.75) is 6.42 Å². The van der Waals surface area contributed by atoms with Crippen molar-refractivity contribution in [3.63, 3.8) is 0 Å². The monoisotopic (exact) mass is 286 g/mol. The SMILES string of the molecule is Nc1ccc(Cl)c(C(=O)c2ccc3c(c2)CC(=O)N3)c1. The maximum absolute atomic E-state index is 12.5. The van der Waals surface area contributed by atoms with Gasteiger partial charge in [0.25, 0.3) is 0 Å². The number of benzene rings is 2. The van der Waals surface area contributed by atoms with Crippen molar-refractivity contribution < 1.29 is 9.59 Å². The van der Waals surface area contributed by atoms with Crippen molar-refractivity contribution >= 4 is 34.7 Å². The van der Waals surface area contributed by atoms with E-state index >= 15 is 0 Å². The summed E-state index contributed by atoms with van der Waals surface area (Å²) in [6.07, 6.45) is 0.293. The fourth-order valence-electron chi connectivity index (χ4n) is 2.24. The number of amides is 1. The summed E-state index contributed by atoms with van der Waals surface area (Å²) in [5.41, 5.74) is 8.60. The summed E-state index contributed by atoms with van der Waals surface area (Å²) in [5.74, 6) is -0.268. The third-order valence-electron chi connectivity index (χ3n) is 3.23. The molecule has 1 heterocycles. The van der Waals surface area contributed by atoms with Gasteiger partial charge in [0.05, 0.1) is 11.4 Å². The molecule has 0 saturated carbocycles. The Bertz CT molecular complexity index is 741. The molecule has 0 spiro atoms. The van der Waals surface area contributed by atoms with Crippen LogP contribution in [0.5, 0.6) is 0 Å². The number of fused-ring (bicyclic) bond motifs is 1. The van der Waals surface area contributed by atoms with E-state index in [-0.39, 0.29) is 11.7 Å². The fourth-order valence-corrected chi connectivity index (χ4v) is 2.45. The third kappa shape index (κ3) is 2.14. The van der Waals surface area contributed by atoms with Crippen LogP contribution >= 0.6 is 11.6 Å². The van der Waals surface area contributed by atoms with Gasteiger partial charge < -0.3 is 11.1 Å². The molecule has 0 unspecified atom stereocenters. The van der Waals surface area contributed by atoms with Crippen LogP contribution in [-0.2, 0) is 11.2 Å². The topological polar surface area (TPSA) is 72.2 Å². The summed E-state index contributed by atoms with van der Waals surface area (Å²) in [6, 6.07) is 9.92. The Morgan fingerprint density at radius 2 is 2.00 bits per heavy atom. The number of carbonyl (C=O) groups is 2. The molecule has 4 nitrogen and oxygen atoms in total. The molecule has 0 fully saturated rings. The van der Waals surface area contributed by atoms with Gasteiger partial charge >= 0.3 is 0 Å². The number of nitrogen functional groups attached to an aromatic ring is 1. The molecule has 3 rings (SSSR count). The van der Waals surface area contributed by atoms with Gasteiger partial charge in [0, 0.05) is 22.5 Å². The minimum atomic E-state index is -0.204. The highest BCUT2D eigenvalue weighted by molar-refractivity contribution is 6.35. The number of hydrogen-bond donors (Lipinski definition) is 2. The van der Waals surface area contributed by atoms with Crippen molar-refractivity contribution in [3.05, 3.63) is 58.1 Å². The first-order valence-electron chi connectivity index (χ1n) is 6.07. The van der Waals surface area contributed by atoms with Crippen LogP contribution in [0.4, 0.5) is 11.4 Å². The average molecular weight is 287 g/mol. The second kappa shape index (κ2) is 4.65. The molecule has 1 aliphatic heterocycles. The summed E-state index contributed by atoms with van der Waals surface area (Å²) in [4.78, 5) is 23.8. The fraction of sp³-hybridized carbons (Fsp3) is 0.0667. The number of ketones is 1. The average Bonchev–Trinajstić information content (AvgIpc) is 2.79. The first kappa shape index (κ1) is 12.7. The minimum Gasteiger partial charge on any atom is -0.399 e. The van der Waals surface area contributed by atoms with E-state index in [1.54, 1.807) is 36.4 Å². The van der Waals surface area contributed by atoms with Crippen LogP contribution in [0.1, 0.15) is 21.5 Å². The highest BCUT2D eigenvalue weighted by Gasteiger charge is 2.20. The quantitative estimate of drug-likeness (QED) is 0.658. The van der Waals surface area contributed by atoms with Gasteiger partial charge in [0.2, 0.25) is 5.91 Å². The Labute approximate surface area is 120 Å². The second-order valence-electron chi connectivity index (χ2n) is 4.67. The summed E-state index contributed by atoms with van der Waals surface area (Å²) >= 11 is 6.04. The van der Waals surface area contributed by atoms with Crippen LogP contribution in [-0.4, -0.2) is 11.7 Å². The molecule has 1 amide bonds. The van der Waals surface area contributed by atoms with Gasteiger partial charge in [-0.15, -0.1) is 0 Å². The van der Waals surface area contributed by atoms with E-state index in [0.29, 0.717) is 28.3 Å². The van der Waals surface area contributed by atoms with E-state index in [0.717, 1.165) is 11.3 Å². The number of nitrogens with one attached hydrogen (secondary N) is 1. The number of anilines is 2. The predicted octanol–water partition coefficient (Wildman–Crippen LogP) is 2.65. The molecular formula is C15H11ClN2O2. The molecule has 3 N–H and O–H groups in total. The van der Waals surface area contributed by atoms with E-state index in [2.05, 4.69) is 5.32 Å². The zero-order valence-electron chi connectivity index (χ0n) is 10.4. The number of rotatable bonds is 2. The Morgan fingerprint density at radius 3 is 2.80 bits per heavy atom. The smallest absolute Gasteiger partial charge is 0.228 e. The lowest BCUT2D eigenvalue weighted by Gasteiger charge is -2.06. The van der Waals surface area contributed by atoms with E-state index in [1.165, 1.54) is 0 Å². The van der Waals surface area contributed by atoms with Crippen LogP contribution in [0.25, 0.3) is 0 Å². The lowest BCUT2D eigenvalue weighted by Crippen LogP contribution is -2.03. The second-order valence-corrected chi connectivity index (χ2v) is 5.07. The van der Waals surface area contributed by atoms with Gasteiger partial charge in [-0.25, -0.2) is 0 Å². The van der Waals surface area contributed by atoms with E-state index < -0.39 is 0 Å². The molecule has 0 atom stereocenters. The van der Waals surface area contributed by atoms with E-state index in [9.17, 15) is 9.59 Å². The molecule has 0 radical (unpaired) electrons. The molecule has 2 aromatic carbocycles. The normalized spacial score (nSPS) is 12.9. The molecule has 2 aromatic rings. The number of halogens is 1. The van der Waals surface area contributed by atoms with Crippen molar-refractivity contribution in [2.24, 2.45) is 0 Å². The van der Waals surface area contributed by atoms with Crippen molar-refractivity contribution in [2.75, 3.05) is 11.1 Å². The maximum Gasteiger partial charge on any atom is 0.228 e. The van der Waals surface area contributed by atoms with Crippen molar-refractivity contribution in [3.8, 4) is 0 Å².